The number of hydrogen-bond donors (Lipinski definition) is 3. The Labute approximate surface area is 179 Å². The van der Waals surface area contributed by atoms with Crippen LogP contribution in [0.1, 0.15) is 12.0 Å². The number of carbonyl (C=O) groups is 2. The summed E-state index contributed by atoms with van der Waals surface area (Å²) in [5.74, 6) is -1.38. The first kappa shape index (κ1) is 21.6. The molecule has 0 atom stereocenters. The Bertz CT molecular complexity index is 1150. The third kappa shape index (κ3) is 4.75. The van der Waals surface area contributed by atoms with E-state index in [9.17, 15) is 19.5 Å². The molecule has 0 saturated carbocycles. The standard InChI is InChI=1S/C23H23N3O5/c1-15-14-25(2)22(30)20(21(15)29)26(23(31)24-13-12-19(27)28)18-10-8-17(9-11-18)16-6-4-3-5-7-16/h3-11,14,29H,12-13H2,1-2H3,(H,24,31)(H,27,28). The molecule has 0 bridgehead atoms. The number of carboxylic acid groups (broad SMARTS) is 1. The summed E-state index contributed by atoms with van der Waals surface area (Å²) in [6, 6.07) is 15.9. The zero-order valence-corrected chi connectivity index (χ0v) is 17.2. The summed E-state index contributed by atoms with van der Waals surface area (Å²) in [4.78, 5) is 37.7. The number of hydrogen-bond acceptors (Lipinski definition) is 4. The number of nitrogens with zero attached hydrogens (tertiary/aromatic N) is 2. The lowest BCUT2D eigenvalue weighted by atomic mass is 10.1. The molecule has 0 aliphatic heterocycles. The summed E-state index contributed by atoms with van der Waals surface area (Å²) >= 11 is 0. The van der Waals surface area contributed by atoms with Crippen LogP contribution in [0.4, 0.5) is 16.2 Å². The predicted molar refractivity (Wildman–Crippen MR) is 118 cm³/mol. The lowest BCUT2D eigenvalue weighted by Crippen LogP contribution is -2.41. The number of amides is 2. The highest BCUT2D eigenvalue weighted by atomic mass is 16.4. The molecule has 0 fully saturated rings. The van der Waals surface area contributed by atoms with Crippen molar-refractivity contribution < 1.29 is 19.8 Å². The van der Waals surface area contributed by atoms with E-state index in [1.165, 1.54) is 17.8 Å². The van der Waals surface area contributed by atoms with E-state index in [2.05, 4.69) is 5.32 Å². The second-order valence-electron chi connectivity index (χ2n) is 7.05. The molecule has 2 amide bonds. The average Bonchev–Trinajstić information content (AvgIpc) is 2.76. The lowest BCUT2D eigenvalue weighted by molar-refractivity contribution is -0.136. The largest absolute Gasteiger partial charge is 0.505 e. The van der Waals surface area contributed by atoms with Crippen LogP contribution in [-0.4, -0.2) is 33.3 Å². The first-order valence-electron chi connectivity index (χ1n) is 9.64. The molecule has 3 rings (SSSR count). The summed E-state index contributed by atoms with van der Waals surface area (Å²) in [7, 11) is 1.53. The van der Waals surface area contributed by atoms with Gasteiger partial charge in [-0.05, 0) is 30.2 Å². The number of benzene rings is 2. The van der Waals surface area contributed by atoms with Gasteiger partial charge in [0.1, 0.15) is 5.75 Å². The van der Waals surface area contributed by atoms with E-state index in [0.717, 1.165) is 16.0 Å². The molecule has 0 spiro atoms. The number of pyridine rings is 1. The third-order valence-electron chi connectivity index (χ3n) is 4.78. The number of carboxylic acids is 1. The highest BCUT2D eigenvalue weighted by Crippen LogP contribution is 2.33. The van der Waals surface area contributed by atoms with Crippen LogP contribution >= 0.6 is 0 Å². The number of nitrogens with one attached hydrogen (secondary N) is 1. The van der Waals surface area contributed by atoms with Crippen molar-refractivity contribution in [1.82, 2.24) is 9.88 Å². The molecule has 0 unspecified atom stereocenters. The average molecular weight is 421 g/mol. The van der Waals surface area contributed by atoms with Crippen LogP contribution in [0.15, 0.2) is 65.6 Å². The number of aliphatic carboxylic acids is 1. The van der Waals surface area contributed by atoms with E-state index in [1.54, 1.807) is 31.2 Å². The van der Waals surface area contributed by atoms with Crippen LogP contribution < -0.4 is 15.8 Å². The van der Waals surface area contributed by atoms with Crippen molar-refractivity contribution in [3.8, 4) is 16.9 Å². The summed E-state index contributed by atoms with van der Waals surface area (Å²) in [5.41, 5.74) is 1.90. The molecular formula is C23H23N3O5. The topological polar surface area (TPSA) is 112 Å². The lowest BCUT2D eigenvalue weighted by Gasteiger charge is -2.24. The minimum Gasteiger partial charge on any atom is -0.505 e. The van der Waals surface area contributed by atoms with Crippen LogP contribution in [-0.2, 0) is 11.8 Å². The number of anilines is 2. The van der Waals surface area contributed by atoms with Crippen molar-refractivity contribution in [2.24, 2.45) is 7.05 Å². The van der Waals surface area contributed by atoms with Crippen molar-refractivity contribution in [3.05, 3.63) is 76.7 Å². The molecule has 1 heterocycles. The second-order valence-corrected chi connectivity index (χ2v) is 7.05. The maximum atomic E-state index is 13.0. The van der Waals surface area contributed by atoms with Crippen molar-refractivity contribution >= 4 is 23.4 Å². The summed E-state index contributed by atoms with van der Waals surface area (Å²) in [6.45, 7) is 1.50. The molecule has 0 saturated heterocycles. The molecule has 8 heteroatoms. The predicted octanol–water partition coefficient (Wildman–Crippen LogP) is 3.39. The van der Waals surface area contributed by atoms with Crippen molar-refractivity contribution in [1.29, 1.82) is 0 Å². The van der Waals surface area contributed by atoms with Crippen LogP contribution in [0.25, 0.3) is 11.1 Å². The highest BCUT2D eigenvalue weighted by molar-refractivity contribution is 6.01. The van der Waals surface area contributed by atoms with Crippen LogP contribution in [0, 0.1) is 6.92 Å². The monoisotopic (exact) mass is 421 g/mol. The smallest absolute Gasteiger partial charge is 0.326 e. The first-order valence-corrected chi connectivity index (χ1v) is 9.64. The molecule has 2 aromatic carbocycles. The Kier molecular flexibility index (Phi) is 6.40. The van der Waals surface area contributed by atoms with Gasteiger partial charge in [0.15, 0.2) is 5.69 Å². The maximum absolute atomic E-state index is 13.0. The Morgan fingerprint density at radius 2 is 1.65 bits per heavy atom. The van der Waals surface area contributed by atoms with Crippen molar-refractivity contribution in [2.45, 2.75) is 13.3 Å². The van der Waals surface area contributed by atoms with Crippen molar-refractivity contribution in [2.75, 3.05) is 11.4 Å². The number of aromatic nitrogens is 1. The summed E-state index contributed by atoms with van der Waals surface area (Å²) in [5, 5.41) is 21.9. The maximum Gasteiger partial charge on any atom is 0.326 e. The van der Waals surface area contributed by atoms with E-state index >= 15 is 0 Å². The molecule has 0 radical (unpaired) electrons. The number of rotatable bonds is 6. The van der Waals surface area contributed by atoms with E-state index in [0.29, 0.717) is 11.3 Å². The number of aryl methyl sites for hydroxylation is 2. The Hall–Kier alpha value is -4.07. The number of carbonyl (C=O) groups excluding carboxylic acids is 1. The van der Waals surface area contributed by atoms with Gasteiger partial charge < -0.3 is 20.1 Å². The first-order chi connectivity index (χ1) is 14.8. The van der Waals surface area contributed by atoms with Gasteiger partial charge in [0.05, 0.1) is 12.1 Å². The van der Waals surface area contributed by atoms with Gasteiger partial charge in [0, 0.05) is 25.4 Å². The zero-order valence-electron chi connectivity index (χ0n) is 17.2. The molecule has 31 heavy (non-hydrogen) atoms. The molecule has 0 aliphatic carbocycles. The van der Waals surface area contributed by atoms with Crippen molar-refractivity contribution in [3.63, 3.8) is 0 Å². The van der Waals surface area contributed by atoms with Gasteiger partial charge in [-0.3, -0.25) is 14.5 Å². The normalized spacial score (nSPS) is 10.5. The quantitative estimate of drug-likeness (QED) is 0.565. The Morgan fingerprint density at radius 1 is 1.03 bits per heavy atom. The highest BCUT2D eigenvalue weighted by Gasteiger charge is 2.26. The van der Waals surface area contributed by atoms with Gasteiger partial charge in [-0.2, -0.15) is 0 Å². The van der Waals surface area contributed by atoms with Crippen LogP contribution in [0.3, 0.4) is 0 Å². The number of urea groups is 1. The molecule has 160 valence electrons. The van der Waals surface area contributed by atoms with Gasteiger partial charge in [-0.15, -0.1) is 0 Å². The zero-order chi connectivity index (χ0) is 22.5. The SMILES string of the molecule is Cc1cn(C)c(=O)c(N(C(=O)NCCC(=O)O)c2ccc(-c3ccccc3)cc2)c1O. The number of aromatic hydroxyl groups is 1. The third-order valence-corrected chi connectivity index (χ3v) is 4.78. The molecular weight excluding hydrogens is 398 g/mol. The molecule has 3 N–H and O–H groups in total. The van der Waals surface area contributed by atoms with E-state index < -0.39 is 17.6 Å². The Morgan fingerprint density at radius 3 is 2.26 bits per heavy atom. The van der Waals surface area contributed by atoms with E-state index in [1.807, 2.05) is 30.3 Å². The van der Waals surface area contributed by atoms with E-state index in [-0.39, 0.29) is 24.4 Å². The fraction of sp³-hybridized carbons (Fsp3) is 0.174. The minimum absolute atomic E-state index is 0.125. The minimum atomic E-state index is -1.06. The molecule has 1 aromatic heterocycles. The van der Waals surface area contributed by atoms with Gasteiger partial charge in [0.25, 0.3) is 5.56 Å². The fourth-order valence-corrected chi connectivity index (χ4v) is 3.20. The summed E-state index contributed by atoms with van der Waals surface area (Å²) < 4.78 is 1.28. The van der Waals surface area contributed by atoms with Crippen LogP contribution in [0.2, 0.25) is 0 Å². The molecule has 8 nitrogen and oxygen atoms in total. The van der Waals surface area contributed by atoms with Crippen LogP contribution in [0.5, 0.6) is 5.75 Å². The molecule has 0 aliphatic rings. The summed E-state index contributed by atoms with van der Waals surface area (Å²) in [6.07, 6.45) is 1.20. The van der Waals surface area contributed by atoms with Gasteiger partial charge in [-0.25, -0.2) is 4.79 Å². The van der Waals surface area contributed by atoms with Gasteiger partial charge in [-0.1, -0.05) is 42.5 Å². The van der Waals surface area contributed by atoms with Gasteiger partial charge in [0.2, 0.25) is 0 Å². The molecule has 3 aromatic rings. The van der Waals surface area contributed by atoms with Gasteiger partial charge >= 0.3 is 12.0 Å². The fourth-order valence-electron chi connectivity index (χ4n) is 3.20. The second kappa shape index (κ2) is 9.17. The van der Waals surface area contributed by atoms with E-state index in [4.69, 9.17) is 5.11 Å². The Balaban J connectivity index is 2.06.